The van der Waals surface area contributed by atoms with E-state index < -0.39 is 33.4 Å². The standard InChI is InChI=1S/C30H48N2O5S/c1-7-10-12-17-31(16-9-3)27(35)25-30-15-14-29(6,38-30)24(28(36)37-18-13-11-8-2)23(30)26(34)32(25)22(20-33)19-21(4)5/h8-9,21-25,33H,2-3,7,10-20H2,1,4-6H3/t22-,23+,24-,25?,29+,30?/m1/s1. The average molecular weight is 549 g/mol. The summed E-state index contributed by atoms with van der Waals surface area (Å²) >= 11 is 1.65. The van der Waals surface area contributed by atoms with Gasteiger partial charge in [-0.1, -0.05) is 45.8 Å². The number of allylic oxidation sites excluding steroid dienone is 1. The lowest BCUT2D eigenvalue weighted by Gasteiger charge is -2.40. The third-order valence-corrected chi connectivity index (χ3v) is 10.5. The smallest absolute Gasteiger partial charge is 0.311 e. The minimum Gasteiger partial charge on any atom is -0.465 e. The third-order valence-electron chi connectivity index (χ3n) is 8.54. The Morgan fingerprint density at radius 3 is 2.58 bits per heavy atom. The number of fused-ring (bicyclic) bond motifs is 1. The van der Waals surface area contributed by atoms with Gasteiger partial charge in [0.25, 0.3) is 0 Å². The topological polar surface area (TPSA) is 87.1 Å². The van der Waals surface area contributed by atoms with Crippen LogP contribution >= 0.6 is 11.8 Å². The van der Waals surface area contributed by atoms with E-state index in [1.54, 1.807) is 28.8 Å². The highest BCUT2D eigenvalue weighted by atomic mass is 32.2. The van der Waals surface area contributed by atoms with Crippen LogP contribution in [0.2, 0.25) is 0 Å². The molecule has 1 spiro atoms. The summed E-state index contributed by atoms with van der Waals surface area (Å²) in [5.41, 5.74) is 0. The van der Waals surface area contributed by atoms with E-state index in [-0.39, 0.29) is 30.3 Å². The first-order valence-corrected chi connectivity index (χ1v) is 15.2. The van der Waals surface area contributed by atoms with Gasteiger partial charge in [-0.25, -0.2) is 0 Å². The van der Waals surface area contributed by atoms with E-state index in [0.717, 1.165) is 32.1 Å². The molecule has 3 rings (SSSR count). The van der Waals surface area contributed by atoms with Crippen molar-refractivity contribution < 1.29 is 24.2 Å². The Bertz CT molecular complexity index is 894. The maximum Gasteiger partial charge on any atom is 0.311 e. The molecule has 0 aromatic carbocycles. The van der Waals surface area contributed by atoms with E-state index >= 15 is 0 Å². The van der Waals surface area contributed by atoms with Crippen molar-refractivity contribution in [2.75, 3.05) is 26.3 Å². The Morgan fingerprint density at radius 1 is 1.24 bits per heavy atom. The first-order valence-electron chi connectivity index (χ1n) is 14.4. The van der Waals surface area contributed by atoms with Gasteiger partial charge in [0, 0.05) is 17.8 Å². The fourth-order valence-electron chi connectivity index (χ4n) is 6.88. The Labute approximate surface area is 233 Å². The van der Waals surface area contributed by atoms with Crippen LogP contribution in [0.4, 0.5) is 0 Å². The number of aliphatic hydroxyl groups is 1. The number of amides is 2. The molecule has 3 aliphatic rings. The van der Waals surface area contributed by atoms with E-state index in [2.05, 4.69) is 40.9 Å². The number of thioether (sulfide) groups is 1. The van der Waals surface area contributed by atoms with Crippen LogP contribution < -0.4 is 0 Å². The Morgan fingerprint density at radius 2 is 1.97 bits per heavy atom. The zero-order valence-electron chi connectivity index (χ0n) is 23.8. The van der Waals surface area contributed by atoms with Crippen molar-refractivity contribution in [3.8, 4) is 0 Å². The van der Waals surface area contributed by atoms with Gasteiger partial charge in [0.05, 0.1) is 35.8 Å². The fraction of sp³-hybridized carbons (Fsp3) is 0.767. The number of carbonyl (C=O) groups is 3. The van der Waals surface area contributed by atoms with Gasteiger partial charge in [-0.15, -0.1) is 24.9 Å². The number of hydrogen-bond donors (Lipinski definition) is 1. The number of esters is 1. The van der Waals surface area contributed by atoms with Crippen molar-refractivity contribution in [1.82, 2.24) is 9.80 Å². The van der Waals surface area contributed by atoms with Gasteiger partial charge in [0.2, 0.25) is 11.8 Å². The second kappa shape index (κ2) is 13.0. The van der Waals surface area contributed by atoms with E-state index in [0.29, 0.717) is 39.0 Å². The summed E-state index contributed by atoms with van der Waals surface area (Å²) in [6.07, 6.45) is 9.95. The molecule has 7 nitrogen and oxygen atoms in total. The predicted molar refractivity (Wildman–Crippen MR) is 153 cm³/mol. The minimum atomic E-state index is -0.720. The summed E-state index contributed by atoms with van der Waals surface area (Å²) < 4.78 is 4.54. The van der Waals surface area contributed by atoms with Crippen LogP contribution in [0.1, 0.15) is 79.1 Å². The molecule has 2 amide bonds. The summed E-state index contributed by atoms with van der Waals surface area (Å²) in [7, 11) is 0. The van der Waals surface area contributed by atoms with Crippen LogP contribution in [0, 0.1) is 17.8 Å². The summed E-state index contributed by atoms with van der Waals surface area (Å²) in [6, 6.07) is -1.20. The van der Waals surface area contributed by atoms with Gasteiger partial charge in [0.1, 0.15) is 6.04 Å². The van der Waals surface area contributed by atoms with Gasteiger partial charge < -0.3 is 19.6 Å². The van der Waals surface area contributed by atoms with Gasteiger partial charge in [-0.3, -0.25) is 14.4 Å². The van der Waals surface area contributed by atoms with Crippen LogP contribution in [0.15, 0.2) is 25.3 Å². The highest BCUT2D eigenvalue weighted by molar-refractivity contribution is 8.02. The van der Waals surface area contributed by atoms with Crippen LogP contribution in [0.25, 0.3) is 0 Å². The largest absolute Gasteiger partial charge is 0.465 e. The zero-order valence-corrected chi connectivity index (χ0v) is 24.6. The molecule has 6 atom stereocenters. The van der Waals surface area contributed by atoms with E-state index in [4.69, 9.17) is 4.74 Å². The summed E-state index contributed by atoms with van der Waals surface area (Å²) in [6.45, 7) is 17.0. The molecule has 3 heterocycles. The normalized spacial score (nSPS) is 30.4. The molecular weight excluding hydrogens is 500 g/mol. The molecule has 0 saturated carbocycles. The minimum absolute atomic E-state index is 0.0872. The number of likely N-dealkylation sites (tertiary alicyclic amines) is 1. The van der Waals surface area contributed by atoms with Gasteiger partial charge in [0.15, 0.2) is 0 Å². The molecule has 214 valence electrons. The van der Waals surface area contributed by atoms with Crippen molar-refractivity contribution in [1.29, 1.82) is 0 Å². The third kappa shape index (κ3) is 5.72. The molecule has 0 aliphatic carbocycles. The zero-order chi connectivity index (χ0) is 28.1. The molecule has 38 heavy (non-hydrogen) atoms. The molecule has 8 heteroatoms. The molecular formula is C30H48N2O5S. The average Bonchev–Trinajstić information content (AvgIpc) is 3.45. The molecule has 0 aromatic rings. The van der Waals surface area contributed by atoms with Crippen LogP contribution in [-0.4, -0.2) is 80.6 Å². The lowest BCUT2D eigenvalue weighted by Crippen LogP contribution is -2.57. The van der Waals surface area contributed by atoms with Crippen LogP contribution in [0.3, 0.4) is 0 Å². The molecule has 2 unspecified atom stereocenters. The number of hydrogen-bond acceptors (Lipinski definition) is 6. The van der Waals surface area contributed by atoms with E-state index in [1.165, 1.54) is 0 Å². The van der Waals surface area contributed by atoms with Gasteiger partial charge in [-0.05, 0) is 51.4 Å². The second-order valence-electron chi connectivity index (χ2n) is 11.8. The number of unbranched alkanes of at least 4 members (excludes halogenated alkanes) is 3. The first kappa shape index (κ1) is 30.7. The quantitative estimate of drug-likeness (QED) is 0.173. The van der Waals surface area contributed by atoms with Gasteiger partial charge in [-0.2, -0.15) is 0 Å². The lowest BCUT2D eigenvalue weighted by atomic mass is 9.66. The van der Waals surface area contributed by atoms with E-state index in [9.17, 15) is 19.5 Å². The van der Waals surface area contributed by atoms with Crippen LogP contribution in [0.5, 0.6) is 0 Å². The van der Waals surface area contributed by atoms with Crippen molar-refractivity contribution in [3.05, 3.63) is 25.3 Å². The van der Waals surface area contributed by atoms with Gasteiger partial charge >= 0.3 is 5.97 Å². The Balaban J connectivity index is 2.03. The predicted octanol–water partition coefficient (Wildman–Crippen LogP) is 4.59. The summed E-state index contributed by atoms with van der Waals surface area (Å²) in [4.78, 5) is 45.8. The Hall–Kier alpha value is -1.80. The van der Waals surface area contributed by atoms with Crippen molar-refractivity contribution in [2.24, 2.45) is 17.8 Å². The first-order chi connectivity index (χ1) is 18.1. The number of ether oxygens (including phenoxy) is 1. The number of carbonyl (C=O) groups excluding carboxylic acids is 3. The van der Waals surface area contributed by atoms with Crippen molar-refractivity contribution in [2.45, 2.75) is 101 Å². The lowest BCUT2D eigenvalue weighted by molar-refractivity contribution is -0.156. The highest BCUT2D eigenvalue weighted by Gasteiger charge is 2.78. The molecule has 0 aromatic heterocycles. The molecule has 1 N–H and O–H groups in total. The maximum atomic E-state index is 14.4. The molecule has 3 aliphatic heterocycles. The number of rotatable bonds is 16. The molecule has 0 radical (unpaired) electrons. The summed E-state index contributed by atoms with van der Waals surface area (Å²) in [5, 5.41) is 10.4. The van der Waals surface area contributed by atoms with Crippen molar-refractivity contribution >= 4 is 29.5 Å². The summed E-state index contributed by atoms with van der Waals surface area (Å²) in [5.74, 6) is -1.62. The second-order valence-corrected chi connectivity index (χ2v) is 13.7. The SMILES string of the molecule is C=CCCCOC(=O)[C@H]1[C@H]2C(=O)N([C@@H](CO)CC(C)C)C(C(=O)N(CC=C)CCCCC)C23CC[C@]1(C)S3. The molecule has 3 saturated heterocycles. The van der Waals surface area contributed by atoms with Crippen molar-refractivity contribution in [3.63, 3.8) is 0 Å². The van der Waals surface area contributed by atoms with Crippen LogP contribution in [-0.2, 0) is 19.1 Å². The molecule has 2 bridgehead atoms. The monoisotopic (exact) mass is 548 g/mol. The Kier molecular flexibility index (Phi) is 10.5. The number of nitrogens with zero attached hydrogens (tertiary/aromatic N) is 2. The highest BCUT2D eigenvalue weighted by Crippen LogP contribution is 2.71. The molecule has 3 fully saturated rings. The maximum absolute atomic E-state index is 14.4. The fourth-order valence-corrected chi connectivity index (χ4v) is 9.20. The van der Waals surface area contributed by atoms with E-state index in [1.807, 2.05) is 4.90 Å². The number of aliphatic hydroxyl groups excluding tert-OH is 1.